The predicted octanol–water partition coefficient (Wildman–Crippen LogP) is 15.9. The molecule has 11 aromatic rings. The van der Waals surface area contributed by atoms with Crippen molar-refractivity contribution in [3.05, 3.63) is 192 Å². The van der Waals surface area contributed by atoms with Gasteiger partial charge in [0.25, 0.3) is 0 Å². The van der Waals surface area contributed by atoms with Crippen LogP contribution >= 0.6 is 0 Å². The normalized spacial score (nSPS) is 11.9. The Morgan fingerprint density at radius 1 is 0.232 bits per heavy atom. The van der Waals surface area contributed by atoms with Crippen LogP contribution in [0.15, 0.2) is 170 Å². The molecule has 0 nitrogen and oxygen atoms in total. The summed E-state index contributed by atoms with van der Waals surface area (Å²) >= 11 is 0. The fraction of sp³-hybridized carbons (Fsp3) is 0.0714. The van der Waals surface area contributed by atoms with Crippen molar-refractivity contribution in [2.45, 2.75) is 27.7 Å². The van der Waals surface area contributed by atoms with Gasteiger partial charge in [-0.2, -0.15) is 0 Å². The molecule has 0 atom stereocenters. The second-order valence-corrected chi connectivity index (χ2v) is 15.9. The molecule has 56 heavy (non-hydrogen) atoms. The third-order valence-corrected chi connectivity index (χ3v) is 12.1. The maximum absolute atomic E-state index is 2.58. The van der Waals surface area contributed by atoms with E-state index >= 15 is 0 Å². The predicted molar refractivity (Wildman–Crippen MR) is 243 cm³/mol. The highest BCUT2D eigenvalue weighted by atomic mass is 14.3. The highest BCUT2D eigenvalue weighted by Crippen LogP contribution is 2.54. The van der Waals surface area contributed by atoms with Crippen LogP contribution in [0.5, 0.6) is 0 Å². The van der Waals surface area contributed by atoms with E-state index in [4.69, 9.17) is 0 Å². The molecule has 0 bridgehead atoms. The van der Waals surface area contributed by atoms with Crippen molar-refractivity contribution in [2.75, 3.05) is 0 Å². The molecule has 11 aromatic carbocycles. The molecule has 0 N–H and O–H groups in total. The van der Waals surface area contributed by atoms with Crippen LogP contribution in [0.2, 0.25) is 0 Å². The zero-order valence-corrected chi connectivity index (χ0v) is 32.2. The summed E-state index contributed by atoms with van der Waals surface area (Å²) in [6.07, 6.45) is 0. The minimum Gasteiger partial charge on any atom is -0.0616 e. The highest BCUT2D eigenvalue weighted by Gasteiger charge is 2.26. The van der Waals surface area contributed by atoms with Crippen LogP contribution in [0, 0.1) is 27.7 Å². The van der Waals surface area contributed by atoms with Crippen LogP contribution in [0.3, 0.4) is 0 Å². The Labute approximate surface area is 327 Å². The zero-order valence-electron chi connectivity index (χ0n) is 32.2. The van der Waals surface area contributed by atoms with E-state index in [9.17, 15) is 0 Å². The molecule has 11 rings (SSSR count). The van der Waals surface area contributed by atoms with Crippen molar-refractivity contribution in [1.82, 2.24) is 0 Å². The van der Waals surface area contributed by atoms with Gasteiger partial charge in [-0.05, 0) is 143 Å². The van der Waals surface area contributed by atoms with Gasteiger partial charge in [0.2, 0.25) is 0 Å². The van der Waals surface area contributed by atoms with Gasteiger partial charge in [-0.1, -0.05) is 186 Å². The molecule has 0 spiro atoms. The maximum Gasteiger partial charge on any atom is -0.00132 e. The molecular weight excluding hydrogens is 673 g/mol. The number of fused-ring (bicyclic) bond motifs is 6. The van der Waals surface area contributed by atoms with Gasteiger partial charge in [0, 0.05) is 0 Å². The van der Waals surface area contributed by atoms with E-state index in [0.29, 0.717) is 0 Å². The fourth-order valence-electron chi connectivity index (χ4n) is 9.86. The average molecular weight is 713 g/mol. The molecule has 0 heteroatoms. The standard InChI is InChI=1S/C56H40/c1-33-12-7-18-39(28-33)50-44-23-11-17-38-25-27-46-55(49(38)44)47(52(50)41-20-9-14-35(3)30-41)32-48-53(42-21-10-15-36(4)31-42)51(40-19-8-13-34(2)29-40)45-26-24-37-16-5-6-22-43(37)54(45)56(46)48/h5-32H,1-4H3. The minimum atomic E-state index is 1.24. The lowest BCUT2D eigenvalue weighted by atomic mass is 9.77. The Bertz CT molecular complexity index is 3400. The quantitative estimate of drug-likeness (QED) is 0.126. The van der Waals surface area contributed by atoms with E-state index in [1.54, 1.807) is 0 Å². The van der Waals surface area contributed by atoms with Crippen LogP contribution in [0.4, 0.5) is 0 Å². The van der Waals surface area contributed by atoms with E-state index in [-0.39, 0.29) is 0 Å². The van der Waals surface area contributed by atoms with E-state index < -0.39 is 0 Å². The third kappa shape index (κ3) is 4.85. The summed E-state index contributed by atoms with van der Waals surface area (Å²) in [5, 5.41) is 15.6. The Kier molecular flexibility index (Phi) is 7.22. The summed E-state index contributed by atoms with van der Waals surface area (Å²) in [7, 11) is 0. The van der Waals surface area contributed by atoms with Gasteiger partial charge in [-0.3, -0.25) is 0 Å². The van der Waals surface area contributed by atoms with Crippen molar-refractivity contribution < 1.29 is 0 Å². The Morgan fingerprint density at radius 3 is 1.14 bits per heavy atom. The van der Waals surface area contributed by atoms with Gasteiger partial charge in [0.05, 0.1) is 0 Å². The van der Waals surface area contributed by atoms with Gasteiger partial charge < -0.3 is 0 Å². The van der Waals surface area contributed by atoms with Gasteiger partial charge in [0.15, 0.2) is 0 Å². The van der Waals surface area contributed by atoms with E-state index in [1.165, 1.54) is 131 Å². The molecule has 0 amide bonds. The Balaban J connectivity index is 1.49. The van der Waals surface area contributed by atoms with E-state index in [1.807, 2.05) is 0 Å². The summed E-state index contributed by atoms with van der Waals surface area (Å²) in [6, 6.07) is 64.4. The van der Waals surface area contributed by atoms with E-state index in [2.05, 4.69) is 198 Å². The molecule has 0 heterocycles. The van der Waals surface area contributed by atoms with Crippen molar-refractivity contribution in [3.63, 3.8) is 0 Å². The first kappa shape index (κ1) is 32.7. The van der Waals surface area contributed by atoms with Crippen LogP contribution in [-0.2, 0) is 0 Å². The summed E-state index contributed by atoms with van der Waals surface area (Å²) in [5.41, 5.74) is 15.2. The molecular formula is C56H40. The first-order valence-electron chi connectivity index (χ1n) is 19.8. The molecule has 0 saturated heterocycles. The average Bonchev–Trinajstić information content (AvgIpc) is 3.21. The van der Waals surface area contributed by atoms with Crippen molar-refractivity contribution in [3.8, 4) is 44.5 Å². The van der Waals surface area contributed by atoms with Crippen LogP contribution < -0.4 is 0 Å². The number of benzene rings is 11. The first-order chi connectivity index (χ1) is 27.4. The third-order valence-electron chi connectivity index (χ3n) is 12.1. The summed E-state index contributed by atoms with van der Waals surface area (Å²) in [5.74, 6) is 0. The second-order valence-electron chi connectivity index (χ2n) is 15.9. The van der Waals surface area contributed by atoms with Crippen molar-refractivity contribution in [2.24, 2.45) is 0 Å². The van der Waals surface area contributed by atoms with Crippen molar-refractivity contribution in [1.29, 1.82) is 0 Å². The lowest BCUT2D eigenvalue weighted by molar-refractivity contribution is 1.46. The van der Waals surface area contributed by atoms with Crippen LogP contribution in [0.1, 0.15) is 22.3 Å². The second kappa shape index (κ2) is 12.4. The molecule has 0 aliphatic heterocycles. The SMILES string of the molecule is Cc1cccc(-c2c(-c3cccc(C)c3)c3cc4c(-c5cccc(C)c5)c(-c5cccc(C)c5)c5ccc6ccccc6c5c4c4ccc5cccc2c5c34)c1. The first-order valence-corrected chi connectivity index (χ1v) is 19.8. The maximum atomic E-state index is 2.58. The molecule has 0 saturated carbocycles. The number of hydrogen-bond acceptors (Lipinski definition) is 0. The summed E-state index contributed by atoms with van der Waals surface area (Å²) < 4.78 is 0. The highest BCUT2D eigenvalue weighted by molar-refractivity contribution is 6.41. The molecule has 0 fully saturated rings. The van der Waals surface area contributed by atoms with Gasteiger partial charge in [-0.15, -0.1) is 0 Å². The molecule has 0 unspecified atom stereocenters. The lowest BCUT2D eigenvalue weighted by Gasteiger charge is -2.25. The van der Waals surface area contributed by atoms with Gasteiger partial charge in [0.1, 0.15) is 0 Å². The summed E-state index contributed by atoms with van der Waals surface area (Å²) in [6.45, 7) is 8.84. The largest absolute Gasteiger partial charge is 0.0616 e. The van der Waals surface area contributed by atoms with Gasteiger partial charge in [-0.25, -0.2) is 0 Å². The molecule has 0 aromatic heterocycles. The Hall–Kier alpha value is -6.76. The zero-order chi connectivity index (χ0) is 37.7. The number of aryl methyl sites for hydroxylation is 4. The van der Waals surface area contributed by atoms with Crippen LogP contribution in [0.25, 0.3) is 109 Å². The molecule has 0 aliphatic carbocycles. The molecule has 264 valence electrons. The van der Waals surface area contributed by atoms with Crippen molar-refractivity contribution >= 4 is 64.6 Å². The smallest absolute Gasteiger partial charge is 0.00132 e. The lowest BCUT2D eigenvalue weighted by Crippen LogP contribution is -1.98. The van der Waals surface area contributed by atoms with E-state index in [0.717, 1.165) is 0 Å². The molecule has 0 aliphatic rings. The minimum absolute atomic E-state index is 1.24. The van der Waals surface area contributed by atoms with Crippen LogP contribution in [-0.4, -0.2) is 0 Å². The molecule has 0 radical (unpaired) electrons. The monoisotopic (exact) mass is 712 g/mol. The summed E-state index contributed by atoms with van der Waals surface area (Å²) in [4.78, 5) is 0. The fourth-order valence-corrected chi connectivity index (χ4v) is 9.86. The topological polar surface area (TPSA) is 0 Å². The van der Waals surface area contributed by atoms with Gasteiger partial charge >= 0.3 is 0 Å². The number of hydrogen-bond donors (Lipinski definition) is 0. The Morgan fingerprint density at radius 2 is 0.607 bits per heavy atom. The number of rotatable bonds is 4.